The van der Waals surface area contributed by atoms with Crippen LogP contribution in [0.1, 0.15) is 11.1 Å². The van der Waals surface area contributed by atoms with Gasteiger partial charge in [0, 0.05) is 21.7 Å². The van der Waals surface area contributed by atoms with Crippen LogP contribution in [-0.2, 0) is 0 Å². The molecule has 0 aliphatic heterocycles. The zero-order chi connectivity index (χ0) is 17.0. The standard InChI is InChI=1S/C22H16N2O/c1-13-7-8-16-19(11-13)23-12-24-21(16)18-10-14(2)9-17-15-5-3-4-6-20(15)25-22(17)18/h3-12H,1-2H3. The summed E-state index contributed by atoms with van der Waals surface area (Å²) < 4.78 is 6.21. The average molecular weight is 324 g/mol. The Labute approximate surface area is 144 Å². The van der Waals surface area contributed by atoms with Crippen molar-refractivity contribution < 1.29 is 4.42 Å². The Morgan fingerprint density at radius 3 is 2.56 bits per heavy atom. The molecule has 0 spiro atoms. The largest absolute Gasteiger partial charge is 0.455 e. The highest BCUT2D eigenvalue weighted by atomic mass is 16.3. The first-order valence-corrected chi connectivity index (χ1v) is 8.34. The number of para-hydroxylation sites is 1. The number of hydrogen-bond donors (Lipinski definition) is 0. The first-order chi connectivity index (χ1) is 12.2. The summed E-state index contributed by atoms with van der Waals surface area (Å²) in [5.41, 5.74) is 7.05. The highest BCUT2D eigenvalue weighted by Crippen LogP contribution is 2.38. The second-order valence-corrected chi connectivity index (χ2v) is 6.53. The summed E-state index contributed by atoms with van der Waals surface area (Å²) in [4.78, 5) is 9.03. The van der Waals surface area contributed by atoms with Crippen LogP contribution in [0.4, 0.5) is 0 Å². The van der Waals surface area contributed by atoms with Gasteiger partial charge < -0.3 is 4.42 Å². The van der Waals surface area contributed by atoms with Crippen molar-refractivity contribution in [2.45, 2.75) is 13.8 Å². The second-order valence-electron chi connectivity index (χ2n) is 6.53. The lowest BCUT2D eigenvalue weighted by Crippen LogP contribution is -1.91. The fraction of sp³-hybridized carbons (Fsp3) is 0.0909. The van der Waals surface area contributed by atoms with Gasteiger partial charge in [-0.05, 0) is 49.2 Å². The quantitative estimate of drug-likeness (QED) is 0.390. The van der Waals surface area contributed by atoms with Crippen LogP contribution in [0, 0.1) is 13.8 Å². The van der Waals surface area contributed by atoms with Crippen LogP contribution in [0.2, 0.25) is 0 Å². The molecule has 25 heavy (non-hydrogen) atoms. The Hall–Kier alpha value is -3.20. The molecule has 0 atom stereocenters. The molecule has 3 aromatic carbocycles. The minimum absolute atomic E-state index is 0.882. The summed E-state index contributed by atoms with van der Waals surface area (Å²) in [5.74, 6) is 0. The maximum atomic E-state index is 6.21. The fourth-order valence-electron chi connectivity index (χ4n) is 3.53. The molecule has 2 heterocycles. The number of furan rings is 1. The van der Waals surface area contributed by atoms with E-state index in [1.54, 1.807) is 6.33 Å². The molecule has 0 saturated carbocycles. The molecule has 0 amide bonds. The number of rotatable bonds is 1. The van der Waals surface area contributed by atoms with Crippen LogP contribution in [0.15, 0.2) is 65.3 Å². The zero-order valence-electron chi connectivity index (χ0n) is 14.1. The summed E-state index contributed by atoms with van der Waals surface area (Å²) in [7, 11) is 0. The predicted molar refractivity (Wildman–Crippen MR) is 102 cm³/mol. The van der Waals surface area contributed by atoms with Gasteiger partial charge in [-0.2, -0.15) is 0 Å². The number of aromatic nitrogens is 2. The monoisotopic (exact) mass is 324 g/mol. The minimum Gasteiger partial charge on any atom is -0.455 e. The number of aryl methyl sites for hydroxylation is 2. The lowest BCUT2D eigenvalue weighted by Gasteiger charge is -2.08. The molecule has 5 rings (SSSR count). The highest BCUT2D eigenvalue weighted by Gasteiger charge is 2.16. The lowest BCUT2D eigenvalue weighted by atomic mass is 10.00. The van der Waals surface area contributed by atoms with E-state index in [4.69, 9.17) is 4.42 Å². The van der Waals surface area contributed by atoms with Gasteiger partial charge in [0.2, 0.25) is 0 Å². The van der Waals surface area contributed by atoms with E-state index in [9.17, 15) is 0 Å². The van der Waals surface area contributed by atoms with Crippen molar-refractivity contribution in [3.05, 3.63) is 72.1 Å². The van der Waals surface area contributed by atoms with Gasteiger partial charge in [-0.3, -0.25) is 0 Å². The highest BCUT2D eigenvalue weighted by molar-refractivity contribution is 6.11. The van der Waals surface area contributed by atoms with Crippen molar-refractivity contribution in [1.29, 1.82) is 0 Å². The Balaban J connectivity index is 1.93. The maximum Gasteiger partial charge on any atom is 0.144 e. The van der Waals surface area contributed by atoms with Gasteiger partial charge in [0.05, 0.1) is 11.2 Å². The van der Waals surface area contributed by atoms with E-state index in [0.717, 1.165) is 44.1 Å². The van der Waals surface area contributed by atoms with E-state index in [2.05, 4.69) is 60.2 Å². The molecule has 3 nitrogen and oxygen atoms in total. The Morgan fingerprint density at radius 2 is 1.64 bits per heavy atom. The molecule has 0 N–H and O–H groups in total. The minimum atomic E-state index is 0.882. The molecule has 0 fully saturated rings. The van der Waals surface area contributed by atoms with Crippen LogP contribution in [-0.4, -0.2) is 9.97 Å². The van der Waals surface area contributed by atoms with Crippen LogP contribution in [0.5, 0.6) is 0 Å². The van der Waals surface area contributed by atoms with E-state index in [1.165, 1.54) is 11.1 Å². The number of benzene rings is 3. The topological polar surface area (TPSA) is 38.9 Å². The lowest BCUT2D eigenvalue weighted by molar-refractivity contribution is 0.670. The van der Waals surface area contributed by atoms with E-state index < -0.39 is 0 Å². The third-order valence-electron chi connectivity index (χ3n) is 4.67. The Kier molecular flexibility index (Phi) is 2.92. The molecule has 0 saturated heterocycles. The van der Waals surface area contributed by atoms with Crippen molar-refractivity contribution in [2.75, 3.05) is 0 Å². The van der Waals surface area contributed by atoms with E-state index in [1.807, 2.05) is 18.2 Å². The van der Waals surface area contributed by atoms with Crippen molar-refractivity contribution in [1.82, 2.24) is 9.97 Å². The smallest absolute Gasteiger partial charge is 0.144 e. The number of hydrogen-bond acceptors (Lipinski definition) is 3. The molecule has 0 aliphatic carbocycles. The summed E-state index contributed by atoms with van der Waals surface area (Å²) in [6.45, 7) is 4.18. The molecule has 5 aromatic rings. The molecule has 0 radical (unpaired) electrons. The summed E-state index contributed by atoms with van der Waals surface area (Å²) in [5, 5.41) is 3.31. The summed E-state index contributed by atoms with van der Waals surface area (Å²) in [6.07, 6.45) is 1.63. The van der Waals surface area contributed by atoms with Gasteiger partial charge in [-0.25, -0.2) is 9.97 Å². The van der Waals surface area contributed by atoms with Gasteiger partial charge in [0.25, 0.3) is 0 Å². The zero-order valence-corrected chi connectivity index (χ0v) is 14.1. The fourth-order valence-corrected chi connectivity index (χ4v) is 3.53. The number of fused-ring (bicyclic) bond motifs is 4. The molecular formula is C22H16N2O. The van der Waals surface area contributed by atoms with Crippen LogP contribution in [0.25, 0.3) is 44.1 Å². The Bertz CT molecular complexity index is 1270. The summed E-state index contributed by atoms with van der Waals surface area (Å²) >= 11 is 0. The maximum absolute atomic E-state index is 6.21. The summed E-state index contributed by atoms with van der Waals surface area (Å²) in [6, 6.07) is 18.8. The molecule has 0 unspecified atom stereocenters. The number of nitrogens with zero attached hydrogens (tertiary/aromatic N) is 2. The first kappa shape index (κ1) is 14.2. The van der Waals surface area contributed by atoms with Gasteiger partial charge in [0.1, 0.15) is 17.5 Å². The third kappa shape index (κ3) is 2.13. The Morgan fingerprint density at radius 1 is 0.760 bits per heavy atom. The average Bonchev–Trinajstić information content (AvgIpc) is 2.99. The van der Waals surface area contributed by atoms with Crippen molar-refractivity contribution in [3.8, 4) is 11.3 Å². The van der Waals surface area contributed by atoms with Crippen LogP contribution < -0.4 is 0 Å². The van der Waals surface area contributed by atoms with E-state index in [-0.39, 0.29) is 0 Å². The molecule has 3 heteroatoms. The van der Waals surface area contributed by atoms with Crippen LogP contribution >= 0.6 is 0 Å². The normalized spacial score (nSPS) is 11.6. The van der Waals surface area contributed by atoms with Gasteiger partial charge >= 0.3 is 0 Å². The molecule has 0 aliphatic rings. The van der Waals surface area contributed by atoms with Crippen LogP contribution in [0.3, 0.4) is 0 Å². The van der Waals surface area contributed by atoms with E-state index in [0.29, 0.717) is 0 Å². The van der Waals surface area contributed by atoms with Crippen molar-refractivity contribution >= 4 is 32.8 Å². The van der Waals surface area contributed by atoms with Gasteiger partial charge in [-0.15, -0.1) is 0 Å². The van der Waals surface area contributed by atoms with Gasteiger partial charge in [-0.1, -0.05) is 30.3 Å². The van der Waals surface area contributed by atoms with Gasteiger partial charge in [0.15, 0.2) is 0 Å². The van der Waals surface area contributed by atoms with Crippen molar-refractivity contribution in [3.63, 3.8) is 0 Å². The predicted octanol–water partition coefficient (Wildman–Crippen LogP) is 5.81. The third-order valence-corrected chi connectivity index (χ3v) is 4.67. The van der Waals surface area contributed by atoms with E-state index >= 15 is 0 Å². The molecule has 2 aromatic heterocycles. The SMILES string of the molecule is Cc1ccc2c(-c3cc(C)cc4c3oc3ccccc34)ncnc2c1. The second kappa shape index (κ2) is 5.15. The van der Waals surface area contributed by atoms with Crippen molar-refractivity contribution in [2.24, 2.45) is 0 Å². The first-order valence-electron chi connectivity index (χ1n) is 8.34. The molecule has 120 valence electrons. The molecular weight excluding hydrogens is 308 g/mol. The molecule has 0 bridgehead atoms.